The lowest BCUT2D eigenvalue weighted by Gasteiger charge is -2.25. The van der Waals surface area contributed by atoms with Gasteiger partial charge in [-0.25, -0.2) is 0 Å². The van der Waals surface area contributed by atoms with Crippen molar-refractivity contribution >= 4 is 5.91 Å². The zero-order valence-electron chi connectivity index (χ0n) is 11.8. The smallest absolute Gasteiger partial charge is 0.254 e. The zero-order valence-corrected chi connectivity index (χ0v) is 11.8. The highest BCUT2D eigenvalue weighted by atomic mass is 16.2. The summed E-state index contributed by atoms with van der Waals surface area (Å²) in [6, 6.07) is 18.4. The first-order valence-corrected chi connectivity index (χ1v) is 7.18. The number of aryl methyl sites for hydroxylation is 1. The van der Waals surface area contributed by atoms with E-state index in [9.17, 15) is 4.79 Å². The van der Waals surface area contributed by atoms with Crippen molar-refractivity contribution in [3.63, 3.8) is 0 Å². The van der Waals surface area contributed by atoms with Gasteiger partial charge in [0, 0.05) is 12.1 Å². The third-order valence-electron chi connectivity index (χ3n) is 4.00. The minimum absolute atomic E-state index is 0.149. The van der Waals surface area contributed by atoms with Crippen LogP contribution in [0.15, 0.2) is 54.6 Å². The van der Waals surface area contributed by atoms with Crippen LogP contribution in [0.4, 0.5) is 0 Å². The molecule has 2 heteroatoms. The minimum atomic E-state index is 0.149. The Bertz CT molecular complexity index is 589. The number of nitrogens with zero attached hydrogens (tertiary/aromatic N) is 1. The van der Waals surface area contributed by atoms with E-state index in [1.807, 2.05) is 54.3 Å². The Hall–Kier alpha value is -2.09. The lowest BCUT2D eigenvalue weighted by molar-refractivity contribution is 0.0735. The van der Waals surface area contributed by atoms with Gasteiger partial charge in [0.2, 0.25) is 0 Å². The fourth-order valence-corrected chi connectivity index (χ4v) is 2.89. The average Bonchev–Trinajstić information content (AvgIpc) is 2.97. The van der Waals surface area contributed by atoms with Gasteiger partial charge >= 0.3 is 0 Å². The Labute approximate surface area is 120 Å². The van der Waals surface area contributed by atoms with Gasteiger partial charge in [-0.2, -0.15) is 0 Å². The van der Waals surface area contributed by atoms with E-state index in [4.69, 9.17) is 0 Å². The Morgan fingerprint density at radius 3 is 2.45 bits per heavy atom. The van der Waals surface area contributed by atoms with Gasteiger partial charge < -0.3 is 4.90 Å². The molecular formula is C18H19NO. The molecule has 0 saturated carbocycles. The van der Waals surface area contributed by atoms with E-state index in [-0.39, 0.29) is 11.9 Å². The topological polar surface area (TPSA) is 20.3 Å². The van der Waals surface area contributed by atoms with Gasteiger partial charge in [-0.1, -0.05) is 48.0 Å². The van der Waals surface area contributed by atoms with E-state index in [1.165, 1.54) is 11.1 Å². The molecule has 0 aliphatic carbocycles. The van der Waals surface area contributed by atoms with Crippen LogP contribution >= 0.6 is 0 Å². The third kappa shape index (κ3) is 2.46. The van der Waals surface area contributed by atoms with Crippen molar-refractivity contribution in [3.8, 4) is 0 Å². The van der Waals surface area contributed by atoms with E-state index >= 15 is 0 Å². The van der Waals surface area contributed by atoms with Crippen LogP contribution in [-0.4, -0.2) is 17.4 Å². The molecule has 3 rings (SSSR count). The molecule has 1 saturated heterocycles. The van der Waals surface area contributed by atoms with Gasteiger partial charge in [0.25, 0.3) is 5.91 Å². The van der Waals surface area contributed by atoms with E-state index in [0.29, 0.717) is 0 Å². The molecule has 1 amide bonds. The molecule has 2 aromatic rings. The number of hydrogen-bond acceptors (Lipinski definition) is 1. The maximum atomic E-state index is 12.7. The molecule has 0 spiro atoms. The summed E-state index contributed by atoms with van der Waals surface area (Å²) in [6.45, 7) is 2.89. The second-order valence-corrected chi connectivity index (χ2v) is 5.43. The summed E-state index contributed by atoms with van der Waals surface area (Å²) in [5.74, 6) is 0.149. The van der Waals surface area contributed by atoms with Crippen molar-refractivity contribution in [2.45, 2.75) is 25.8 Å². The number of likely N-dealkylation sites (tertiary alicyclic amines) is 1. The zero-order chi connectivity index (χ0) is 13.9. The summed E-state index contributed by atoms with van der Waals surface area (Å²) in [6.07, 6.45) is 2.14. The van der Waals surface area contributed by atoms with E-state index in [1.54, 1.807) is 0 Å². The SMILES string of the molecule is Cc1ccc(C(=O)N2CCCC2c2ccccc2)cc1. The van der Waals surface area contributed by atoms with Crippen LogP contribution in [0.3, 0.4) is 0 Å². The number of benzene rings is 2. The molecule has 1 aliphatic rings. The highest BCUT2D eigenvalue weighted by molar-refractivity contribution is 5.94. The van der Waals surface area contributed by atoms with Crippen LogP contribution in [-0.2, 0) is 0 Å². The van der Waals surface area contributed by atoms with Crippen LogP contribution in [0, 0.1) is 6.92 Å². The first-order chi connectivity index (χ1) is 9.75. The molecule has 1 unspecified atom stereocenters. The molecule has 20 heavy (non-hydrogen) atoms. The van der Waals surface area contributed by atoms with Crippen molar-refractivity contribution in [1.82, 2.24) is 4.90 Å². The Kier molecular flexibility index (Phi) is 3.55. The fourth-order valence-electron chi connectivity index (χ4n) is 2.89. The summed E-state index contributed by atoms with van der Waals surface area (Å²) in [7, 11) is 0. The largest absolute Gasteiger partial charge is 0.332 e. The normalized spacial score (nSPS) is 18.2. The Morgan fingerprint density at radius 1 is 1.05 bits per heavy atom. The highest BCUT2D eigenvalue weighted by Crippen LogP contribution is 2.32. The Balaban J connectivity index is 1.85. The standard InChI is InChI=1S/C18H19NO/c1-14-9-11-16(12-10-14)18(20)19-13-5-8-17(19)15-6-3-2-4-7-15/h2-4,6-7,9-12,17H,5,8,13H2,1H3. The summed E-state index contributed by atoms with van der Waals surface area (Å²) in [5.41, 5.74) is 3.21. The van der Waals surface area contributed by atoms with Gasteiger partial charge in [-0.05, 0) is 37.5 Å². The van der Waals surface area contributed by atoms with Crippen molar-refractivity contribution in [2.24, 2.45) is 0 Å². The van der Waals surface area contributed by atoms with Crippen LogP contribution in [0.2, 0.25) is 0 Å². The molecular weight excluding hydrogens is 246 g/mol. The van der Waals surface area contributed by atoms with Crippen LogP contribution < -0.4 is 0 Å². The van der Waals surface area contributed by atoms with Gasteiger partial charge in [0.15, 0.2) is 0 Å². The highest BCUT2D eigenvalue weighted by Gasteiger charge is 2.30. The molecule has 0 bridgehead atoms. The number of rotatable bonds is 2. The second-order valence-electron chi connectivity index (χ2n) is 5.43. The molecule has 0 N–H and O–H groups in total. The van der Waals surface area contributed by atoms with Crippen LogP contribution in [0.1, 0.15) is 40.4 Å². The van der Waals surface area contributed by atoms with E-state index in [0.717, 1.165) is 24.9 Å². The summed E-state index contributed by atoms with van der Waals surface area (Å²) < 4.78 is 0. The van der Waals surface area contributed by atoms with Crippen molar-refractivity contribution in [2.75, 3.05) is 6.54 Å². The quantitative estimate of drug-likeness (QED) is 0.804. The first-order valence-electron chi connectivity index (χ1n) is 7.18. The summed E-state index contributed by atoms with van der Waals surface area (Å²) in [5, 5.41) is 0. The maximum Gasteiger partial charge on any atom is 0.254 e. The lowest BCUT2D eigenvalue weighted by Crippen LogP contribution is -2.30. The van der Waals surface area contributed by atoms with Crippen LogP contribution in [0.25, 0.3) is 0 Å². The molecule has 0 aromatic heterocycles. The van der Waals surface area contributed by atoms with Gasteiger partial charge in [0.1, 0.15) is 0 Å². The maximum absolute atomic E-state index is 12.7. The second kappa shape index (κ2) is 5.49. The van der Waals surface area contributed by atoms with Crippen LogP contribution in [0.5, 0.6) is 0 Å². The average molecular weight is 265 g/mol. The van der Waals surface area contributed by atoms with Crippen molar-refractivity contribution < 1.29 is 4.79 Å². The molecule has 0 radical (unpaired) electrons. The molecule has 1 atom stereocenters. The number of carbonyl (C=O) groups excluding carboxylic acids is 1. The Morgan fingerprint density at radius 2 is 1.75 bits per heavy atom. The van der Waals surface area contributed by atoms with E-state index in [2.05, 4.69) is 12.1 Å². The lowest BCUT2D eigenvalue weighted by atomic mass is 10.0. The summed E-state index contributed by atoms with van der Waals surface area (Å²) >= 11 is 0. The van der Waals surface area contributed by atoms with Gasteiger partial charge in [-0.15, -0.1) is 0 Å². The number of amides is 1. The predicted octanol–water partition coefficient (Wildman–Crippen LogP) is 3.97. The third-order valence-corrected chi connectivity index (χ3v) is 4.00. The molecule has 2 aromatic carbocycles. The molecule has 1 aliphatic heterocycles. The van der Waals surface area contributed by atoms with Gasteiger partial charge in [-0.3, -0.25) is 4.79 Å². The molecule has 102 valence electrons. The number of hydrogen-bond donors (Lipinski definition) is 0. The fraction of sp³-hybridized carbons (Fsp3) is 0.278. The predicted molar refractivity (Wildman–Crippen MR) is 80.6 cm³/mol. The summed E-state index contributed by atoms with van der Waals surface area (Å²) in [4.78, 5) is 14.7. The van der Waals surface area contributed by atoms with Crippen molar-refractivity contribution in [3.05, 3.63) is 71.3 Å². The van der Waals surface area contributed by atoms with Gasteiger partial charge in [0.05, 0.1) is 6.04 Å². The first kappa shape index (κ1) is 12.9. The molecule has 1 fully saturated rings. The molecule has 2 nitrogen and oxygen atoms in total. The molecule has 1 heterocycles. The minimum Gasteiger partial charge on any atom is -0.332 e. The number of carbonyl (C=O) groups is 1. The monoisotopic (exact) mass is 265 g/mol. The van der Waals surface area contributed by atoms with Crippen molar-refractivity contribution in [1.29, 1.82) is 0 Å². The van der Waals surface area contributed by atoms with E-state index < -0.39 is 0 Å².